The van der Waals surface area contributed by atoms with Crippen molar-refractivity contribution >= 4 is 25.8 Å². The number of rotatable bonds is 6. The maximum Gasteiger partial charge on any atom is 0.267 e. The molecule has 1 heterocycles. The predicted octanol–water partition coefficient (Wildman–Crippen LogP) is 0.855. The molecule has 0 spiro atoms. The molecule has 0 saturated carbocycles. The van der Waals surface area contributed by atoms with Gasteiger partial charge < -0.3 is 5.73 Å². The molecule has 0 atom stereocenters. The fourth-order valence-electron chi connectivity index (χ4n) is 2.15. The summed E-state index contributed by atoms with van der Waals surface area (Å²) in [5, 5.41) is 0. The highest BCUT2D eigenvalue weighted by atomic mass is 32.2. The van der Waals surface area contributed by atoms with Crippen molar-refractivity contribution in [2.24, 2.45) is 5.73 Å². The van der Waals surface area contributed by atoms with Gasteiger partial charge in [0.1, 0.15) is 0 Å². The average Bonchev–Trinajstić information content (AvgIpc) is 2.90. The van der Waals surface area contributed by atoms with E-state index in [2.05, 4.69) is 0 Å². The van der Waals surface area contributed by atoms with Crippen molar-refractivity contribution in [3.05, 3.63) is 47.8 Å². The molecule has 0 saturated heterocycles. The van der Waals surface area contributed by atoms with Crippen LogP contribution in [0.1, 0.15) is 17.7 Å². The number of aryl methyl sites for hydroxylation is 2. The van der Waals surface area contributed by atoms with Gasteiger partial charge in [0.25, 0.3) is 10.0 Å². The first kappa shape index (κ1) is 18.2. The summed E-state index contributed by atoms with van der Waals surface area (Å²) in [7, 11) is -7.57. The van der Waals surface area contributed by atoms with E-state index in [1.165, 1.54) is 18.2 Å². The fourth-order valence-corrected chi connectivity index (χ4v) is 4.27. The number of sulfone groups is 1. The van der Waals surface area contributed by atoms with Crippen LogP contribution in [0.15, 0.2) is 46.3 Å². The summed E-state index contributed by atoms with van der Waals surface area (Å²) in [5.41, 5.74) is 6.19. The van der Waals surface area contributed by atoms with Crippen LogP contribution in [0.3, 0.4) is 0 Å². The highest BCUT2D eigenvalue weighted by Gasteiger charge is 2.23. The third kappa shape index (κ3) is 3.85. The van der Waals surface area contributed by atoms with Crippen LogP contribution in [-0.2, 0) is 31.1 Å². The standard InChI is InChI=1S/C15H18N2O5S2/c1-11-3-6-13(7-4-11)24(21,22)17-10-14(23(2,19)20)9-12(17)5-8-15(16)18/h3-4,6-7,9-10H,5,8H2,1-2H3,(H2,16,18). The lowest BCUT2D eigenvalue weighted by molar-refractivity contribution is -0.118. The summed E-state index contributed by atoms with van der Waals surface area (Å²) in [6.45, 7) is 1.83. The zero-order valence-corrected chi connectivity index (χ0v) is 14.9. The lowest BCUT2D eigenvalue weighted by Crippen LogP contribution is -2.17. The van der Waals surface area contributed by atoms with Gasteiger partial charge in [0, 0.05) is 24.6 Å². The Morgan fingerprint density at radius 2 is 1.67 bits per heavy atom. The first-order chi connectivity index (χ1) is 11.0. The minimum absolute atomic E-state index is 0.0238. The molecule has 1 aromatic carbocycles. The van der Waals surface area contributed by atoms with Crippen LogP contribution < -0.4 is 5.73 Å². The van der Waals surface area contributed by atoms with Gasteiger partial charge in [-0.2, -0.15) is 0 Å². The van der Waals surface area contributed by atoms with Gasteiger partial charge in [-0.15, -0.1) is 0 Å². The number of nitrogens with two attached hydrogens (primary N) is 1. The second kappa shape index (κ2) is 6.40. The van der Waals surface area contributed by atoms with E-state index < -0.39 is 25.8 Å². The monoisotopic (exact) mass is 370 g/mol. The van der Waals surface area contributed by atoms with E-state index >= 15 is 0 Å². The fraction of sp³-hybridized carbons (Fsp3) is 0.267. The number of nitrogens with zero attached hydrogens (tertiary/aromatic N) is 1. The Kier molecular flexibility index (Phi) is 4.86. The summed E-state index contributed by atoms with van der Waals surface area (Å²) in [6.07, 6.45) is 1.98. The Morgan fingerprint density at radius 3 is 2.17 bits per heavy atom. The molecule has 0 bridgehead atoms. The van der Waals surface area contributed by atoms with Gasteiger partial charge in [0.15, 0.2) is 9.84 Å². The summed E-state index contributed by atoms with van der Waals surface area (Å²) in [4.78, 5) is 10.9. The number of amides is 1. The number of aromatic nitrogens is 1. The summed E-state index contributed by atoms with van der Waals surface area (Å²) in [6, 6.07) is 7.45. The minimum Gasteiger partial charge on any atom is -0.370 e. The highest BCUT2D eigenvalue weighted by molar-refractivity contribution is 7.91. The molecule has 1 amide bonds. The van der Waals surface area contributed by atoms with Crippen LogP contribution in [0.25, 0.3) is 0 Å². The SMILES string of the molecule is Cc1ccc(S(=O)(=O)n2cc(S(C)(=O)=O)cc2CCC(N)=O)cc1. The Labute approximate surface area is 141 Å². The minimum atomic E-state index is -3.97. The largest absolute Gasteiger partial charge is 0.370 e. The van der Waals surface area contributed by atoms with E-state index in [1.54, 1.807) is 12.1 Å². The van der Waals surface area contributed by atoms with Crippen molar-refractivity contribution in [2.75, 3.05) is 6.26 Å². The topological polar surface area (TPSA) is 116 Å². The van der Waals surface area contributed by atoms with Crippen LogP contribution in [0, 0.1) is 6.92 Å². The molecule has 24 heavy (non-hydrogen) atoms. The van der Waals surface area contributed by atoms with Crippen LogP contribution in [-0.4, -0.2) is 33.0 Å². The van der Waals surface area contributed by atoms with Gasteiger partial charge >= 0.3 is 0 Å². The molecular weight excluding hydrogens is 352 g/mol. The van der Waals surface area contributed by atoms with E-state index in [1.807, 2.05) is 6.92 Å². The Bertz CT molecular complexity index is 971. The molecule has 0 radical (unpaired) electrons. The van der Waals surface area contributed by atoms with Crippen molar-refractivity contribution in [2.45, 2.75) is 29.6 Å². The maximum atomic E-state index is 12.8. The van der Waals surface area contributed by atoms with Crippen LogP contribution >= 0.6 is 0 Å². The molecule has 130 valence electrons. The first-order valence-electron chi connectivity index (χ1n) is 7.03. The molecular formula is C15H18N2O5S2. The highest BCUT2D eigenvalue weighted by Crippen LogP contribution is 2.22. The molecule has 9 heteroatoms. The number of hydrogen-bond acceptors (Lipinski definition) is 5. The number of hydrogen-bond donors (Lipinski definition) is 1. The molecule has 2 rings (SSSR count). The van der Waals surface area contributed by atoms with Crippen LogP contribution in [0.4, 0.5) is 0 Å². The lowest BCUT2D eigenvalue weighted by atomic mass is 10.2. The van der Waals surface area contributed by atoms with Gasteiger partial charge in [0.05, 0.1) is 9.79 Å². The van der Waals surface area contributed by atoms with Gasteiger partial charge in [0.2, 0.25) is 5.91 Å². The molecule has 1 aromatic heterocycles. The van der Waals surface area contributed by atoms with E-state index in [-0.39, 0.29) is 28.3 Å². The molecule has 0 aliphatic rings. The molecule has 2 aromatic rings. The zero-order valence-electron chi connectivity index (χ0n) is 13.3. The van der Waals surface area contributed by atoms with E-state index in [0.29, 0.717) is 0 Å². The van der Waals surface area contributed by atoms with Crippen molar-refractivity contribution in [1.29, 1.82) is 0 Å². The van der Waals surface area contributed by atoms with Gasteiger partial charge in [-0.05, 0) is 31.5 Å². The summed E-state index contributed by atoms with van der Waals surface area (Å²) in [5.74, 6) is -0.601. The third-order valence-corrected chi connectivity index (χ3v) is 6.28. The average molecular weight is 370 g/mol. The van der Waals surface area contributed by atoms with E-state index in [4.69, 9.17) is 5.73 Å². The second-order valence-electron chi connectivity index (χ2n) is 5.52. The molecule has 0 fully saturated rings. The summed E-state index contributed by atoms with van der Waals surface area (Å²) >= 11 is 0. The number of carbonyl (C=O) groups excluding carboxylic acids is 1. The first-order valence-corrected chi connectivity index (χ1v) is 10.4. The quantitative estimate of drug-likeness (QED) is 0.809. The van der Waals surface area contributed by atoms with Crippen molar-refractivity contribution in [1.82, 2.24) is 3.97 Å². The third-order valence-electron chi connectivity index (χ3n) is 3.47. The van der Waals surface area contributed by atoms with Crippen LogP contribution in [0.5, 0.6) is 0 Å². The van der Waals surface area contributed by atoms with Crippen molar-refractivity contribution in [3.63, 3.8) is 0 Å². The molecule has 0 aliphatic carbocycles. The molecule has 0 aliphatic heterocycles. The Morgan fingerprint density at radius 1 is 1.08 bits per heavy atom. The van der Waals surface area contributed by atoms with E-state index in [0.717, 1.165) is 22.0 Å². The van der Waals surface area contributed by atoms with Crippen molar-refractivity contribution < 1.29 is 21.6 Å². The van der Waals surface area contributed by atoms with Gasteiger partial charge in [-0.1, -0.05) is 17.7 Å². The molecule has 0 unspecified atom stereocenters. The number of primary amides is 1. The van der Waals surface area contributed by atoms with E-state index in [9.17, 15) is 21.6 Å². The second-order valence-corrected chi connectivity index (χ2v) is 9.35. The smallest absolute Gasteiger partial charge is 0.267 e. The normalized spacial score (nSPS) is 12.2. The van der Waals surface area contributed by atoms with Crippen molar-refractivity contribution in [3.8, 4) is 0 Å². The maximum absolute atomic E-state index is 12.8. The van der Waals surface area contributed by atoms with Gasteiger partial charge in [-0.3, -0.25) is 4.79 Å². The Hall–Kier alpha value is -2.13. The van der Waals surface area contributed by atoms with Crippen LogP contribution in [0.2, 0.25) is 0 Å². The Balaban J connectivity index is 2.60. The zero-order chi connectivity index (χ0) is 18.1. The lowest BCUT2D eigenvalue weighted by Gasteiger charge is -2.10. The number of carbonyl (C=O) groups is 1. The number of benzene rings is 1. The van der Waals surface area contributed by atoms with Gasteiger partial charge in [-0.25, -0.2) is 20.8 Å². The molecule has 7 nitrogen and oxygen atoms in total. The summed E-state index contributed by atoms with van der Waals surface area (Å²) < 4.78 is 50.0. The predicted molar refractivity (Wildman–Crippen MR) is 88.8 cm³/mol. The molecule has 2 N–H and O–H groups in total.